The van der Waals surface area contributed by atoms with E-state index in [9.17, 15) is 9.59 Å². The number of nitrogens with two attached hydrogens (primary N) is 1. The molecule has 4 N–H and O–H groups in total. The van der Waals surface area contributed by atoms with Crippen LogP contribution in [0.25, 0.3) is 0 Å². The SMILES string of the molecule is CCCC(C)(N)C(=O)NCCOCCC(=O)O. The van der Waals surface area contributed by atoms with Gasteiger partial charge in [0, 0.05) is 6.54 Å². The number of hydrogen-bond donors (Lipinski definition) is 3. The number of carboxylic acids is 1. The van der Waals surface area contributed by atoms with Gasteiger partial charge < -0.3 is 20.9 Å². The van der Waals surface area contributed by atoms with Crippen LogP contribution in [-0.4, -0.2) is 42.3 Å². The molecule has 0 aromatic heterocycles. The third kappa shape index (κ3) is 7.70. The highest BCUT2D eigenvalue weighted by Gasteiger charge is 2.26. The van der Waals surface area contributed by atoms with E-state index in [1.54, 1.807) is 6.92 Å². The van der Waals surface area contributed by atoms with Gasteiger partial charge in [0.2, 0.25) is 5.91 Å². The number of rotatable bonds is 9. The number of carbonyl (C=O) groups excluding carboxylic acids is 1. The molecule has 0 spiro atoms. The van der Waals surface area contributed by atoms with Gasteiger partial charge in [-0.25, -0.2) is 0 Å². The summed E-state index contributed by atoms with van der Waals surface area (Å²) in [6, 6.07) is 0. The molecule has 1 unspecified atom stereocenters. The summed E-state index contributed by atoms with van der Waals surface area (Å²) in [6.45, 7) is 4.45. The molecule has 1 atom stereocenters. The first-order chi connectivity index (χ1) is 7.90. The van der Waals surface area contributed by atoms with Gasteiger partial charge in [0.1, 0.15) is 0 Å². The first-order valence-electron chi connectivity index (χ1n) is 5.77. The molecule has 6 heteroatoms. The Hall–Kier alpha value is -1.14. The fraction of sp³-hybridized carbons (Fsp3) is 0.818. The number of amides is 1. The Morgan fingerprint density at radius 1 is 1.41 bits per heavy atom. The predicted molar refractivity (Wildman–Crippen MR) is 63.6 cm³/mol. The van der Waals surface area contributed by atoms with E-state index in [0.29, 0.717) is 19.6 Å². The number of aliphatic carboxylic acids is 1. The van der Waals surface area contributed by atoms with Crippen molar-refractivity contribution in [3.8, 4) is 0 Å². The Morgan fingerprint density at radius 2 is 2.06 bits per heavy atom. The maximum Gasteiger partial charge on any atom is 0.305 e. The molecule has 0 fully saturated rings. The molecule has 0 aromatic carbocycles. The molecule has 0 saturated carbocycles. The molecule has 0 saturated heterocycles. The average Bonchev–Trinajstić information content (AvgIpc) is 2.22. The van der Waals surface area contributed by atoms with E-state index in [0.717, 1.165) is 6.42 Å². The molecular formula is C11H22N2O4. The normalized spacial score (nSPS) is 14.1. The molecule has 0 rings (SSSR count). The zero-order valence-electron chi connectivity index (χ0n) is 10.5. The summed E-state index contributed by atoms with van der Waals surface area (Å²) in [5.74, 6) is -1.10. The Morgan fingerprint density at radius 3 is 2.59 bits per heavy atom. The van der Waals surface area contributed by atoms with Crippen LogP contribution in [0.3, 0.4) is 0 Å². The first kappa shape index (κ1) is 15.9. The first-order valence-corrected chi connectivity index (χ1v) is 5.77. The van der Waals surface area contributed by atoms with Crippen molar-refractivity contribution in [1.82, 2.24) is 5.32 Å². The molecule has 0 radical (unpaired) electrons. The van der Waals surface area contributed by atoms with Crippen LogP contribution in [0.4, 0.5) is 0 Å². The van der Waals surface area contributed by atoms with E-state index in [1.807, 2.05) is 6.92 Å². The van der Waals surface area contributed by atoms with Gasteiger partial charge in [-0.05, 0) is 13.3 Å². The second-order valence-corrected chi connectivity index (χ2v) is 4.18. The zero-order chi connectivity index (χ0) is 13.3. The van der Waals surface area contributed by atoms with Gasteiger partial charge in [0.25, 0.3) is 0 Å². The molecule has 0 heterocycles. The summed E-state index contributed by atoms with van der Waals surface area (Å²) >= 11 is 0. The van der Waals surface area contributed by atoms with Gasteiger partial charge in [0.05, 0.1) is 25.2 Å². The smallest absolute Gasteiger partial charge is 0.305 e. The highest BCUT2D eigenvalue weighted by molar-refractivity contribution is 5.85. The minimum atomic E-state index is -0.897. The molecule has 6 nitrogen and oxygen atoms in total. The maximum atomic E-state index is 11.6. The van der Waals surface area contributed by atoms with Gasteiger partial charge in [-0.1, -0.05) is 13.3 Å². The molecule has 0 aliphatic carbocycles. The standard InChI is InChI=1S/C11H22N2O4/c1-3-5-11(2,12)10(16)13-6-8-17-7-4-9(14)15/h3-8,12H2,1-2H3,(H,13,16)(H,14,15). The Balaban J connectivity index is 3.61. The van der Waals surface area contributed by atoms with Crippen molar-refractivity contribution in [1.29, 1.82) is 0 Å². The summed E-state index contributed by atoms with van der Waals surface area (Å²) in [5.41, 5.74) is 4.97. The predicted octanol–water partition coefficient (Wildman–Crippen LogP) is 0.111. The van der Waals surface area contributed by atoms with Crippen LogP contribution in [0.2, 0.25) is 0 Å². The second-order valence-electron chi connectivity index (χ2n) is 4.18. The fourth-order valence-electron chi connectivity index (χ4n) is 1.33. The maximum absolute atomic E-state index is 11.6. The van der Waals surface area contributed by atoms with Crippen molar-refractivity contribution in [3.05, 3.63) is 0 Å². The van der Waals surface area contributed by atoms with Gasteiger partial charge in [-0.15, -0.1) is 0 Å². The fourth-order valence-corrected chi connectivity index (χ4v) is 1.33. The van der Waals surface area contributed by atoms with Crippen molar-refractivity contribution in [2.75, 3.05) is 19.8 Å². The molecule has 0 aliphatic heterocycles. The van der Waals surface area contributed by atoms with E-state index >= 15 is 0 Å². The van der Waals surface area contributed by atoms with Crippen molar-refractivity contribution >= 4 is 11.9 Å². The summed E-state index contributed by atoms with van der Waals surface area (Å²) in [5, 5.41) is 11.0. The van der Waals surface area contributed by atoms with Gasteiger partial charge >= 0.3 is 5.97 Å². The molecule has 0 aromatic rings. The number of hydrogen-bond acceptors (Lipinski definition) is 4. The van der Waals surface area contributed by atoms with Gasteiger partial charge in [0.15, 0.2) is 0 Å². The van der Waals surface area contributed by atoms with E-state index in [1.165, 1.54) is 0 Å². The quantitative estimate of drug-likeness (QED) is 0.501. The van der Waals surface area contributed by atoms with Crippen molar-refractivity contribution in [2.24, 2.45) is 5.73 Å². The van der Waals surface area contributed by atoms with Crippen LogP contribution in [0.15, 0.2) is 0 Å². The summed E-state index contributed by atoms with van der Waals surface area (Å²) < 4.78 is 5.03. The average molecular weight is 246 g/mol. The molecular weight excluding hydrogens is 224 g/mol. The number of carboxylic acid groups (broad SMARTS) is 1. The topological polar surface area (TPSA) is 102 Å². The summed E-state index contributed by atoms with van der Waals surface area (Å²) in [4.78, 5) is 21.8. The summed E-state index contributed by atoms with van der Waals surface area (Å²) in [7, 11) is 0. The van der Waals surface area contributed by atoms with Gasteiger partial charge in [-0.3, -0.25) is 9.59 Å². The van der Waals surface area contributed by atoms with Gasteiger partial charge in [-0.2, -0.15) is 0 Å². The number of ether oxygens (including phenoxy) is 1. The van der Waals surface area contributed by atoms with Crippen LogP contribution in [0.5, 0.6) is 0 Å². The van der Waals surface area contributed by atoms with Crippen molar-refractivity contribution in [2.45, 2.75) is 38.6 Å². The Labute approximate surface area is 102 Å². The molecule has 100 valence electrons. The lowest BCUT2D eigenvalue weighted by Crippen LogP contribution is -2.52. The Bertz CT molecular complexity index is 254. The highest BCUT2D eigenvalue weighted by Crippen LogP contribution is 2.07. The second kappa shape index (κ2) is 8.03. The number of carbonyl (C=O) groups is 2. The number of nitrogens with one attached hydrogen (secondary N) is 1. The van der Waals surface area contributed by atoms with E-state index < -0.39 is 11.5 Å². The summed E-state index contributed by atoms with van der Waals surface area (Å²) in [6.07, 6.45) is 1.44. The third-order valence-electron chi connectivity index (χ3n) is 2.28. The minimum absolute atomic E-state index is 0.0294. The van der Waals surface area contributed by atoms with Crippen molar-refractivity contribution in [3.63, 3.8) is 0 Å². The molecule has 0 bridgehead atoms. The van der Waals surface area contributed by atoms with Crippen LogP contribution in [0.1, 0.15) is 33.1 Å². The largest absolute Gasteiger partial charge is 0.481 e. The van der Waals surface area contributed by atoms with E-state index in [2.05, 4.69) is 5.32 Å². The van der Waals surface area contributed by atoms with Crippen LogP contribution in [-0.2, 0) is 14.3 Å². The molecule has 17 heavy (non-hydrogen) atoms. The van der Waals surface area contributed by atoms with E-state index in [4.69, 9.17) is 15.6 Å². The Kier molecular flexibility index (Phi) is 7.49. The lowest BCUT2D eigenvalue weighted by atomic mass is 9.97. The minimum Gasteiger partial charge on any atom is -0.481 e. The monoisotopic (exact) mass is 246 g/mol. The molecule has 1 amide bonds. The highest BCUT2D eigenvalue weighted by atomic mass is 16.5. The lowest BCUT2D eigenvalue weighted by molar-refractivity contribution is -0.138. The van der Waals surface area contributed by atoms with Crippen LogP contribution < -0.4 is 11.1 Å². The lowest BCUT2D eigenvalue weighted by Gasteiger charge is -2.22. The van der Waals surface area contributed by atoms with Crippen LogP contribution in [0, 0.1) is 0 Å². The van der Waals surface area contributed by atoms with Crippen molar-refractivity contribution < 1.29 is 19.4 Å². The zero-order valence-corrected chi connectivity index (χ0v) is 10.5. The third-order valence-corrected chi connectivity index (χ3v) is 2.28. The van der Waals surface area contributed by atoms with Crippen LogP contribution >= 0.6 is 0 Å². The molecule has 0 aliphatic rings. The van der Waals surface area contributed by atoms with E-state index in [-0.39, 0.29) is 18.9 Å².